The molecule has 5 heteroatoms. The van der Waals surface area contributed by atoms with Crippen LogP contribution in [0.15, 0.2) is 23.3 Å². The Labute approximate surface area is 101 Å². The zero-order valence-electron chi connectivity index (χ0n) is 10.1. The summed E-state index contributed by atoms with van der Waals surface area (Å²) in [7, 11) is 0. The molecular formula is C12H17N3O2. The third-order valence-corrected chi connectivity index (χ3v) is 2.47. The molecule has 1 aromatic rings. The number of rotatable bonds is 6. The van der Waals surface area contributed by atoms with E-state index >= 15 is 0 Å². The van der Waals surface area contributed by atoms with Gasteiger partial charge in [0.2, 0.25) is 6.41 Å². The Morgan fingerprint density at radius 1 is 1.41 bits per heavy atom. The highest BCUT2D eigenvalue weighted by molar-refractivity contribution is 5.84. The van der Waals surface area contributed by atoms with Gasteiger partial charge in [-0.2, -0.15) is 5.10 Å². The molecular weight excluding hydrogens is 218 g/mol. The average molecular weight is 235 g/mol. The van der Waals surface area contributed by atoms with E-state index in [0.717, 1.165) is 18.8 Å². The standard InChI is InChI=1S/C12H17N3O2/c1-3-15(4-2)11-6-5-10(12(17)7-11)8-13-14-9-16/h5-9,17H,3-4H2,1-2H3,(H,14,16)/b13-8+. The quantitative estimate of drug-likeness (QED) is 0.444. The van der Waals surface area contributed by atoms with E-state index < -0.39 is 0 Å². The first-order valence-corrected chi connectivity index (χ1v) is 5.53. The topological polar surface area (TPSA) is 64.9 Å². The van der Waals surface area contributed by atoms with E-state index in [-0.39, 0.29) is 5.75 Å². The molecule has 0 aliphatic heterocycles. The molecule has 92 valence electrons. The number of hydrogen-bond donors (Lipinski definition) is 2. The van der Waals surface area contributed by atoms with Gasteiger partial charge < -0.3 is 10.0 Å². The second-order valence-corrected chi connectivity index (χ2v) is 3.42. The van der Waals surface area contributed by atoms with Gasteiger partial charge in [0.1, 0.15) is 5.75 Å². The third kappa shape index (κ3) is 3.48. The van der Waals surface area contributed by atoms with Gasteiger partial charge in [0, 0.05) is 30.4 Å². The van der Waals surface area contributed by atoms with Crippen LogP contribution in [0.4, 0.5) is 5.69 Å². The number of hydrazone groups is 1. The van der Waals surface area contributed by atoms with Gasteiger partial charge in [0.05, 0.1) is 6.21 Å². The van der Waals surface area contributed by atoms with Crippen LogP contribution in [0, 0.1) is 0 Å². The van der Waals surface area contributed by atoms with E-state index in [2.05, 4.69) is 29.3 Å². The average Bonchev–Trinajstić information content (AvgIpc) is 2.33. The Morgan fingerprint density at radius 2 is 2.12 bits per heavy atom. The summed E-state index contributed by atoms with van der Waals surface area (Å²) >= 11 is 0. The molecule has 0 aliphatic rings. The van der Waals surface area contributed by atoms with E-state index in [1.807, 2.05) is 6.07 Å². The molecule has 0 aliphatic carbocycles. The van der Waals surface area contributed by atoms with Crippen molar-refractivity contribution in [2.45, 2.75) is 13.8 Å². The number of phenolic OH excluding ortho intramolecular Hbond substituents is 1. The summed E-state index contributed by atoms with van der Waals surface area (Å²) < 4.78 is 0. The molecule has 0 radical (unpaired) electrons. The first-order valence-electron chi connectivity index (χ1n) is 5.53. The van der Waals surface area contributed by atoms with E-state index in [0.29, 0.717) is 12.0 Å². The van der Waals surface area contributed by atoms with Crippen molar-refractivity contribution in [2.75, 3.05) is 18.0 Å². The minimum Gasteiger partial charge on any atom is -0.507 e. The summed E-state index contributed by atoms with van der Waals surface area (Å²) in [6, 6.07) is 5.36. The van der Waals surface area contributed by atoms with Crippen LogP contribution in [-0.4, -0.2) is 30.8 Å². The lowest BCUT2D eigenvalue weighted by Crippen LogP contribution is -2.21. The van der Waals surface area contributed by atoms with Crippen LogP contribution in [0.1, 0.15) is 19.4 Å². The minimum absolute atomic E-state index is 0.144. The molecule has 0 aromatic heterocycles. The second-order valence-electron chi connectivity index (χ2n) is 3.42. The van der Waals surface area contributed by atoms with Crippen LogP contribution in [-0.2, 0) is 4.79 Å². The highest BCUT2D eigenvalue weighted by Gasteiger charge is 2.05. The highest BCUT2D eigenvalue weighted by atomic mass is 16.3. The molecule has 1 aromatic carbocycles. The number of nitrogens with zero attached hydrogens (tertiary/aromatic N) is 2. The Bertz CT molecular complexity index is 401. The maximum Gasteiger partial charge on any atom is 0.227 e. The van der Waals surface area contributed by atoms with Crippen LogP contribution in [0.25, 0.3) is 0 Å². The number of carbonyl (C=O) groups excluding carboxylic acids is 1. The zero-order valence-corrected chi connectivity index (χ0v) is 10.1. The number of amides is 1. The zero-order chi connectivity index (χ0) is 12.7. The SMILES string of the molecule is CCN(CC)c1ccc(/C=N/NC=O)c(O)c1. The molecule has 5 nitrogen and oxygen atoms in total. The van der Waals surface area contributed by atoms with Crippen LogP contribution in [0.2, 0.25) is 0 Å². The maximum absolute atomic E-state index is 10.0. The van der Waals surface area contributed by atoms with Crippen molar-refractivity contribution in [2.24, 2.45) is 5.10 Å². The largest absolute Gasteiger partial charge is 0.507 e. The fourth-order valence-corrected chi connectivity index (χ4v) is 1.56. The van der Waals surface area contributed by atoms with Crippen molar-refractivity contribution < 1.29 is 9.90 Å². The summed E-state index contributed by atoms with van der Waals surface area (Å²) in [6.07, 6.45) is 1.87. The van der Waals surface area contributed by atoms with Gasteiger partial charge in [-0.3, -0.25) is 4.79 Å². The lowest BCUT2D eigenvalue weighted by Gasteiger charge is -2.21. The first kappa shape index (κ1) is 13.0. The van der Waals surface area contributed by atoms with Crippen LogP contribution >= 0.6 is 0 Å². The molecule has 0 bridgehead atoms. The van der Waals surface area contributed by atoms with Crippen molar-refractivity contribution >= 4 is 18.3 Å². The number of hydrogen-bond acceptors (Lipinski definition) is 4. The van der Waals surface area contributed by atoms with Crippen molar-refractivity contribution in [3.8, 4) is 5.75 Å². The van der Waals surface area contributed by atoms with Crippen molar-refractivity contribution in [3.63, 3.8) is 0 Å². The van der Waals surface area contributed by atoms with Gasteiger partial charge in [-0.05, 0) is 26.0 Å². The Morgan fingerprint density at radius 3 is 2.65 bits per heavy atom. The molecule has 0 spiro atoms. The fraction of sp³-hybridized carbons (Fsp3) is 0.333. The monoisotopic (exact) mass is 235 g/mol. The second kappa shape index (κ2) is 6.52. The van der Waals surface area contributed by atoms with Crippen LogP contribution < -0.4 is 10.3 Å². The summed E-state index contributed by atoms with van der Waals surface area (Å²) in [5, 5.41) is 13.4. The van der Waals surface area contributed by atoms with Gasteiger partial charge in [0.15, 0.2) is 0 Å². The molecule has 0 saturated carbocycles. The molecule has 1 amide bonds. The van der Waals surface area contributed by atoms with Crippen molar-refractivity contribution in [3.05, 3.63) is 23.8 Å². The van der Waals surface area contributed by atoms with E-state index in [1.165, 1.54) is 6.21 Å². The molecule has 0 unspecified atom stereocenters. The Balaban J connectivity index is 2.89. The summed E-state index contributed by atoms with van der Waals surface area (Å²) in [5.74, 6) is 0.144. The molecule has 0 saturated heterocycles. The number of anilines is 1. The Kier molecular flexibility index (Phi) is 5.00. The van der Waals surface area contributed by atoms with Crippen molar-refractivity contribution in [1.29, 1.82) is 0 Å². The molecule has 0 atom stereocenters. The molecule has 0 fully saturated rings. The summed E-state index contributed by atoms with van der Waals surface area (Å²) in [6.45, 7) is 5.89. The van der Waals surface area contributed by atoms with E-state index in [4.69, 9.17) is 0 Å². The number of phenols is 1. The molecule has 0 heterocycles. The van der Waals surface area contributed by atoms with Gasteiger partial charge in [-0.1, -0.05) is 0 Å². The predicted molar refractivity (Wildman–Crippen MR) is 68.5 cm³/mol. The van der Waals surface area contributed by atoms with E-state index in [1.54, 1.807) is 12.1 Å². The van der Waals surface area contributed by atoms with Gasteiger partial charge in [-0.15, -0.1) is 0 Å². The Hall–Kier alpha value is -2.04. The lowest BCUT2D eigenvalue weighted by molar-refractivity contribution is -0.109. The molecule has 1 rings (SSSR count). The van der Waals surface area contributed by atoms with Gasteiger partial charge in [0.25, 0.3) is 0 Å². The number of benzene rings is 1. The third-order valence-electron chi connectivity index (χ3n) is 2.47. The van der Waals surface area contributed by atoms with Crippen LogP contribution in [0.3, 0.4) is 0 Å². The van der Waals surface area contributed by atoms with Crippen LogP contribution in [0.5, 0.6) is 5.75 Å². The molecule has 2 N–H and O–H groups in total. The smallest absolute Gasteiger partial charge is 0.227 e. The summed E-state index contributed by atoms with van der Waals surface area (Å²) in [5.41, 5.74) is 3.68. The first-order chi connectivity index (χ1) is 8.22. The normalized spacial score (nSPS) is 10.5. The predicted octanol–water partition coefficient (Wildman–Crippen LogP) is 1.32. The number of nitrogens with one attached hydrogen (secondary N) is 1. The van der Waals surface area contributed by atoms with Crippen molar-refractivity contribution in [1.82, 2.24) is 5.43 Å². The molecule has 17 heavy (non-hydrogen) atoms. The minimum atomic E-state index is 0.144. The van der Waals surface area contributed by atoms with Gasteiger partial charge >= 0.3 is 0 Å². The summed E-state index contributed by atoms with van der Waals surface area (Å²) in [4.78, 5) is 12.1. The lowest BCUT2D eigenvalue weighted by atomic mass is 10.2. The highest BCUT2D eigenvalue weighted by Crippen LogP contribution is 2.23. The maximum atomic E-state index is 10.0. The number of carbonyl (C=O) groups is 1. The number of aromatic hydroxyl groups is 1. The van der Waals surface area contributed by atoms with E-state index in [9.17, 15) is 9.90 Å². The van der Waals surface area contributed by atoms with Gasteiger partial charge in [-0.25, -0.2) is 5.43 Å². The fourth-order valence-electron chi connectivity index (χ4n) is 1.56.